The Morgan fingerprint density at radius 2 is 1.91 bits per heavy atom. The minimum absolute atomic E-state index is 0.330. The fourth-order valence-electron chi connectivity index (χ4n) is 3.29. The van der Waals surface area contributed by atoms with Gasteiger partial charge >= 0.3 is 5.97 Å². The van der Waals surface area contributed by atoms with Crippen LogP contribution < -0.4 is 4.74 Å². The molecule has 0 fully saturated rings. The number of esters is 1. The van der Waals surface area contributed by atoms with Crippen molar-refractivity contribution in [3.8, 4) is 16.3 Å². The number of hydrogen-bond acceptors (Lipinski definition) is 6. The smallest absolute Gasteiger partial charge is 0.335 e. The van der Waals surface area contributed by atoms with Crippen LogP contribution >= 0.6 is 22.9 Å². The summed E-state index contributed by atoms with van der Waals surface area (Å²) in [5.41, 5.74) is 3.93. The summed E-state index contributed by atoms with van der Waals surface area (Å²) in [5.74, 6) is 0.437. The van der Waals surface area contributed by atoms with E-state index in [0.717, 1.165) is 38.0 Å². The number of ether oxygens (including phenoxy) is 3. The molecule has 0 amide bonds. The lowest BCUT2D eigenvalue weighted by Gasteiger charge is -2.17. The highest BCUT2D eigenvalue weighted by atomic mass is 35.5. The molecule has 5 nitrogen and oxygen atoms in total. The average molecular weight is 474 g/mol. The first kappa shape index (κ1) is 24.2. The molecular formula is C25H28ClNO4S. The Balaban J connectivity index is 1.67. The van der Waals surface area contributed by atoms with Crippen LogP contribution in [0.5, 0.6) is 5.75 Å². The highest BCUT2D eigenvalue weighted by Crippen LogP contribution is 2.33. The monoisotopic (exact) mass is 473 g/mol. The standard InChI is InChI=1S/C25H28ClNO4S/c1-5-29-22(25(28)30-6-2)14-18-11-12-19(13-16(18)3)31-15-23-17(4)27-24(32-23)20-9-7-8-10-21(20)26/h7-13,22H,5-6,14-15H2,1-4H3. The summed E-state index contributed by atoms with van der Waals surface area (Å²) in [4.78, 5) is 17.9. The number of benzene rings is 2. The topological polar surface area (TPSA) is 57.7 Å². The zero-order valence-corrected chi connectivity index (χ0v) is 20.4. The van der Waals surface area contributed by atoms with Crippen molar-refractivity contribution >= 4 is 28.9 Å². The van der Waals surface area contributed by atoms with Crippen LogP contribution in [0.3, 0.4) is 0 Å². The van der Waals surface area contributed by atoms with Gasteiger partial charge in [-0.2, -0.15) is 0 Å². The first-order chi connectivity index (χ1) is 15.4. The van der Waals surface area contributed by atoms with Crippen LogP contribution in [0.1, 0.15) is 35.5 Å². The lowest BCUT2D eigenvalue weighted by molar-refractivity contribution is -0.156. The maximum Gasteiger partial charge on any atom is 0.335 e. The molecule has 0 aliphatic heterocycles. The Bertz CT molecular complexity index is 1070. The molecule has 170 valence electrons. The summed E-state index contributed by atoms with van der Waals surface area (Å²) in [5, 5.41) is 1.58. The van der Waals surface area contributed by atoms with Gasteiger partial charge in [0.15, 0.2) is 6.10 Å². The van der Waals surface area contributed by atoms with Gasteiger partial charge in [-0.1, -0.05) is 35.9 Å². The fourth-order valence-corrected chi connectivity index (χ4v) is 4.59. The number of rotatable bonds is 10. The molecule has 3 rings (SSSR count). The zero-order valence-electron chi connectivity index (χ0n) is 18.8. The van der Waals surface area contributed by atoms with Crippen LogP contribution in [0.4, 0.5) is 0 Å². The van der Waals surface area contributed by atoms with Gasteiger partial charge in [-0.25, -0.2) is 9.78 Å². The van der Waals surface area contributed by atoms with Crippen molar-refractivity contribution in [1.82, 2.24) is 4.98 Å². The van der Waals surface area contributed by atoms with Crippen molar-refractivity contribution < 1.29 is 19.0 Å². The van der Waals surface area contributed by atoms with Gasteiger partial charge in [0.2, 0.25) is 0 Å². The van der Waals surface area contributed by atoms with Crippen LogP contribution in [0.2, 0.25) is 5.02 Å². The number of nitrogens with zero attached hydrogens (tertiary/aromatic N) is 1. The molecule has 0 aliphatic carbocycles. The predicted octanol–water partition coefficient (Wildman–Crippen LogP) is 6.17. The predicted molar refractivity (Wildman–Crippen MR) is 129 cm³/mol. The summed E-state index contributed by atoms with van der Waals surface area (Å²) in [6.45, 7) is 8.86. The van der Waals surface area contributed by atoms with Gasteiger partial charge < -0.3 is 14.2 Å². The fraction of sp³-hybridized carbons (Fsp3) is 0.360. The zero-order chi connectivity index (χ0) is 23.1. The Morgan fingerprint density at radius 3 is 2.59 bits per heavy atom. The largest absolute Gasteiger partial charge is 0.488 e. The van der Waals surface area contributed by atoms with Crippen LogP contribution in [0, 0.1) is 13.8 Å². The second-order valence-corrected chi connectivity index (χ2v) is 8.78. The Labute approximate surface area is 198 Å². The molecule has 7 heteroatoms. The van der Waals surface area contributed by atoms with Crippen molar-refractivity contribution in [2.75, 3.05) is 13.2 Å². The van der Waals surface area contributed by atoms with E-state index in [1.54, 1.807) is 18.3 Å². The van der Waals surface area contributed by atoms with Crippen LogP contribution in [0.25, 0.3) is 10.6 Å². The quantitative estimate of drug-likeness (QED) is 0.329. The number of hydrogen-bond donors (Lipinski definition) is 0. The van der Waals surface area contributed by atoms with Crippen molar-refractivity contribution in [2.45, 2.75) is 46.8 Å². The van der Waals surface area contributed by atoms with Crippen molar-refractivity contribution in [1.29, 1.82) is 0 Å². The van der Waals surface area contributed by atoms with Crippen LogP contribution in [0.15, 0.2) is 42.5 Å². The van der Waals surface area contributed by atoms with E-state index in [-0.39, 0.29) is 5.97 Å². The van der Waals surface area contributed by atoms with Gasteiger partial charge in [0.25, 0.3) is 0 Å². The number of thiazole rings is 1. The number of aromatic nitrogens is 1. The number of carbonyl (C=O) groups is 1. The van der Waals surface area contributed by atoms with Gasteiger partial charge in [0.05, 0.1) is 22.2 Å². The highest BCUT2D eigenvalue weighted by molar-refractivity contribution is 7.15. The summed E-state index contributed by atoms with van der Waals surface area (Å²) in [6, 6.07) is 13.6. The minimum atomic E-state index is -0.603. The molecule has 1 aromatic heterocycles. The lowest BCUT2D eigenvalue weighted by Crippen LogP contribution is -2.29. The van der Waals surface area contributed by atoms with E-state index in [1.165, 1.54) is 0 Å². The van der Waals surface area contributed by atoms with Gasteiger partial charge in [0.1, 0.15) is 17.4 Å². The molecule has 1 heterocycles. The highest BCUT2D eigenvalue weighted by Gasteiger charge is 2.21. The molecule has 0 saturated carbocycles. The summed E-state index contributed by atoms with van der Waals surface area (Å²) < 4.78 is 16.8. The molecule has 1 unspecified atom stereocenters. The Kier molecular flexibility index (Phi) is 8.67. The molecule has 0 radical (unpaired) electrons. The van der Waals surface area contributed by atoms with E-state index < -0.39 is 6.10 Å². The molecule has 0 aliphatic rings. The van der Waals surface area contributed by atoms with Gasteiger partial charge in [-0.15, -0.1) is 11.3 Å². The SMILES string of the molecule is CCOC(=O)C(Cc1ccc(OCc2sc(-c3ccccc3Cl)nc2C)cc1C)OCC. The summed E-state index contributed by atoms with van der Waals surface area (Å²) in [6.07, 6.45) is -0.137. The molecule has 3 aromatic rings. The summed E-state index contributed by atoms with van der Waals surface area (Å²) in [7, 11) is 0. The Morgan fingerprint density at radius 1 is 1.12 bits per heavy atom. The molecule has 0 N–H and O–H groups in total. The minimum Gasteiger partial charge on any atom is -0.488 e. The molecule has 0 saturated heterocycles. The molecule has 0 bridgehead atoms. The van der Waals surface area contributed by atoms with E-state index in [2.05, 4.69) is 4.98 Å². The number of carbonyl (C=O) groups excluding carboxylic acids is 1. The van der Waals surface area contributed by atoms with E-state index in [9.17, 15) is 4.79 Å². The molecular weight excluding hydrogens is 446 g/mol. The normalized spacial score (nSPS) is 11.9. The van der Waals surface area contributed by atoms with E-state index in [0.29, 0.717) is 31.3 Å². The first-order valence-electron chi connectivity index (χ1n) is 10.6. The van der Waals surface area contributed by atoms with Crippen molar-refractivity contribution in [3.63, 3.8) is 0 Å². The van der Waals surface area contributed by atoms with Gasteiger partial charge in [-0.05, 0) is 57.0 Å². The Hall–Kier alpha value is -2.41. The number of aryl methyl sites for hydroxylation is 2. The summed E-state index contributed by atoms with van der Waals surface area (Å²) >= 11 is 7.90. The average Bonchev–Trinajstić information content (AvgIpc) is 3.14. The van der Waals surface area contributed by atoms with E-state index >= 15 is 0 Å². The van der Waals surface area contributed by atoms with Crippen molar-refractivity contribution in [2.24, 2.45) is 0 Å². The lowest BCUT2D eigenvalue weighted by atomic mass is 10.0. The van der Waals surface area contributed by atoms with Gasteiger partial charge in [-0.3, -0.25) is 0 Å². The van der Waals surface area contributed by atoms with E-state index in [4.69, 9.17) is 25.8 Å². The third-order valence-corrected chi connectivity index (χ3v) is 6.50. The van der Waals surface area contributed by atoms with Crippen molar-refractivity contribution in [3.05, 3.63) is 69.2 Å². The van der Waals surface area contributed by atoms with Gasteiger partial charge in [0, 0.05) is 18.6 Å². The first-order valence-corrected chi connectivity index (χ1v) is 11.8. The molecule has 32 heavy (non-hydrogen) atoms. The van der Waals surface area contributed by atoms with Crippen LogP contribution in [-0.2, 0) is 27.3 Å². The van der Waals surface area contributed by atoms with Crippen LogP contribution in [-0.4, -0.2) is 30.3 Å². The second kappa shape index (κ2) is 11.5. The third-order valence-electron chi connectivity index (χ3n) is 5.00. The molecule has 2 aromatic carbocycles. The number of halogens is 1. The molecule has 1 atom stereocenters. The van der Waals surface area contributed by atoms with E-state index in [1.807, 2.05) is 63.2 Å². The third kappa shape index (κ3) is 6.09. The second-order valence-electron chi connectivity index (χ2n) is 7.28. The maximum atomic E-state index is 12.1. The maximum absolute atomic E-state index is 12.1. The molecule has 0 spiro atoms.